The topological polar surface area (TPSA) is 69.2 Å². The quantitative estimate of drug-likeness (QED) is 0.652. The minimum Gasteiger partial charge on any atom is -0.327 e. The normalized spacial score (nSPS) is 19.2. The Balaban J connectivity index is 2.39. The van der Waals surface area contributed by atoms with Crippen molar-refractivity contribution in [3.05, 3.63) is 38.9 Å². The van der Waals surface area contributed by atoms with E-state index in [-0.39, 0.29) is 22.2 Å². The van der Waals surface area contributed by atoms with Gasteiger partial charge in [0.1, 0.15) is 5.02 Å². The summed E-state index contributed by atoms with van der Waals surface area (Å²) in [6.45, 7) is 1.96. The van der Waals surface area contributed by atoms with E-state index < -0.39 is 4.92 Å². The molecule has 0 saturated heterocycles. The van der Waals surface area contributed by atoms with Gasteiger partial charge in [-0.3, -0.25) is 10.1 Å². The number of nitrogens with two attached hydrogens (primary N) is 1. The first-order valence-corrected chi connectivity index (χ1v) is 5.55. The van der Waals surface area contributed by atoms with Crippen LogP contribution in [0.25, 0.3) is 0 Å². The SMILES string of the molecule is CC(N)C1(c2ccc([N+](=O)[O-])c(Cl)c2)CC1. The Hall–Kier alpha value is -1.13. The summed E-state index contributed by atoms with van der Waals surface area (Å²) < 4.78 is 0. The van der Waals surface area contributed by atoms with Crippen molar-refractivity contribution in [2.45, 2.75) is 31.2 Å². The molecular formula is C11H13ClN2O2. The first-order chi connectivity index (χ1) is 7.47. The number of hydrogen-bond acceptors (Lipinski definition) is 3. The molecule has 0 bridgehead atoms. The fourth-order valence-electron chi connectivity index (χ4n) is 2.11. The van der Waals surface area contributed by atoms with Crippen molar-refractivity contribution in [3.8, 4) is 0 Å². The van der Waals surface area contributed by atoms with Crippen LogP contribution in [0, 0.1) is 10.1 Å². The molecule has 1 aromatic carbocycles. The largest absolute Gasteiger partial charge is 0.327 e. The van der Waals surface area contributed by atoms with Crippen molar-refractivity contribution < 1.29 is 4.92 Å². The summed E-state index contributed by atoms with van der Waals surface area (Å²) in [6, 6.07) is 4.95. The third kappa shape index (κ3) is 1.68. The summed E-state index contributed by atoms with van der Waals surface area (Å²) in [5, 5.41) is 10.8. The van der Waals surface area contributed by atoms with E-state index in [0.29, 0.717) is 0 Å². The fraction of sp³-hybridized carbons (Fsp3) is 0.455. The van der Waals surface area contributed by atoms with Crippen LogP contribution < -0.4 is 5.73 Å². The zero-order valence-corrected chi connectivity index (χ0v) is 9.70. The van der Waals surface area contributed by atoms with Gasteiger partial charge in [0.05, 0.1) is 4.92 Å². The lowest BCUT2D eigenvalue weighted by Crippen LogP contribution is -2.31. The van der Waals surface area contributed by atoms with Crippen LogP contribution in [0.1, 0.15) is 25.3 Å². The van der Waals surface area contributed by atoms with Gasteiger partial charge in [0.2, 0.25) is 0 Å². The minimum absolute atomic E-state index is 0.0151. The van der Waals surface area contributed by atoms with Crippen molar-refractivity contribution in [2.24, 2.45) is 5.73 Å². The average Bonchev–Trinajstić information content (AvgIpc) is 2.97. The van der Waals surface area contributed by atoms with E-state index in [2.05, 4.69) is 0 Å². The molecule has 1 aliphatic carbocycles. The second kappa shape index (κ2) is 3.71. The van der Waals surface area contributed by atoms with Crippen molar-refractivity contribution in [2.75, 3.05) is 0 Å². The fourth-order valence-corrected chi connectivity index (χ4v) is 2.36. The molecule has 0 amide bonds. The van der Waals surface area contributed by atoms with Crippen LogP contribution >= 0.6 is 11.6 Å². The van der Waals surface area contributed by atoms with Gasteiger partial charge in [-0.15, -0.1) is 0 Å². The van der Waals surface area contributed by atoms with E-state index in [1.165, 1.54) is 6.07 Å². The van der Waals surface area contributed by atoms with E-state index in [1.807, 2.05) is 6.92 Å². The van der Waals surface area contributed by atoms with Crippen LogP contribution in [0.2, 0.25) is 5.02 Å². The summed E-state index contributed by atoms with van der Waals surface area (Å²) in [6.07, 6.45) is 2.05. The predicted octanol–water partition coefficient (Wildman–Crippen LogP) is 2.63. The molecule has 2 N–H and O–H groups in total. The molecule has 1 unspecified atom stereocenters. The zero-order valence-electron chi connectivity index (χ0n) is 8.94. The van der Waals surface area contributed by atoms with Crippen LogP contribution in [-0.2, 0) is 5.41 Å². The number of halogens is 1. The highest BCUT2D eigenvalue weighted by Crippen LogP contribution is 2.51. The van der Waals surface area contributed by atoms with Crippen molar-refractivity contribution in [3.63, 3.8) is 0 Å². The first kappa shape index (κ1) is 11.4. The molecule has 5 heteroatoms. The van der Waals surface area contributed by atoms with Crippen molar-refractivity contribution in [1.29, 1.82) is 0 Å². The van der Waals surface area contributed by atoms with Gasteiger partial charge in [-0.1, -0.05) is 17.7 Å². The van der Waals surface area contributed by atoms with E-state index in [0.717, 1.165) is 18.4 Å². The van der Waals surface area contributed by atoms with E-state index in [9.17, 15) is 10.1 Å². The molecule has 0 aromatic heterocycles. The highest BCUT2D eigenvalue weighted by Gasteiger charge is 2.47. The maximum absolute atomic E-state index is 10.6. The van der Waals surface area contributed by atoms with Crippen LogP contribution in [0.4, 0.5) is 5.69 Å². The molecule has 1 aromatic rings. The molecule has 1 fully saturated rings. The average molecular weight is 241 g/mol. The highest BCUT2D eigenvalue weighted by atomic mass is 35.5. The summed E-state index contributed by atoms with van der Waals surface area (Å²) in [5.41, 5.74) is 6.88. The third-order valence-corrected chi connectivity index (χ3v) is 3.68. The Bertz CT molecular complexity index is 442. The van der Waals surface area contributed by atoms with Gasteiger partial charge in [0.15, 0.2) is 0 Å². The second-order valence-electron chi connectivity index (χ2n) is 4.37. The summed E-state index contributed by atoms with van der Waals surface area (Å²) in [4.78, 5) is 10.2. The number of benzene rings is 1. The summed E-state index contributed by atoms with van der Waals surface area (Å²) in [7, 11) is 0. The van der Waals surface area contributed by atoms with E-state index in [1.54, 1.807) is 12.1 Å². The standard InChI is InChI=1S/C11H13ClN2O2/c1-7(13)11(4-5-11)8-2-3-10(14(15)16)9(12)6-8/h2-3,6-7H,4-5,13H2,1H3. The number of nitro benzene ring substituents is 1. The van der Waals surface area contributed by atoms with Crippen molar-refractivity contribution in [1.82, 2.24) is 0 Å². The van der Waals surface area contributed by atoms with Crippen molar-refractivity contribution >= 4 is 17.3 Å². The second-order valence-corrected chi connectivity index (χ2v) is 4.78. The van der Waals surface area contributed by atoms with E-state index in [4.69, 9.17) is 17.3 Å². The predicted molar refractivity (Wildman–Crippen MR) is 62.7 cm³/mol. The molecule has 0 aliphatic heterocycles. The Labute approximate surface area is 98.5 Å². The lowest BCUT2D eigenvalue weighted by Gasteiger charge is -2.20. The lowest BCUT2D eigenvalue weighted by molar-refractivity contribution is -0.384. The highest BCUT2D eigenvalue weighted by molar-refractivity contribution is 6.32. The zero-order chi connectivity index (χ0) is 11.9. The maximum atomic E-state index is 10.6. The first-order valence-electron chi connectivity index (χ1n) is 5.17. The molecule has 2 rings (SSSR count). The molecule has 86 valence electrons. The molecule has 0 spiro atoms. The molecule has 1 aliphatic rings. The smallest absolute Gasteiger partial charge is 0.287 e. The molecular weight excluding hydrogens is 228 g/mol. The van der Waals surface area contributed by atoms with Crippen LogP contribution in [0.5, 0.6) is 0 Å². The van der Waals surface area contributed by atoms with Gasteiger partial charge < -0.3 is 5.73 Å². The Morgan fingerprint density at radius 1 is 1.56 bits per heavy atom. The number of hydrogen-bond donors (Lipinski definition) is 1. The molecule has 1 atom stereocenters. The minimum atomic E-state index is -0.475. The van der Waals surface area contributed by atoms with Gasteiger partial charge in [-0.25, -0.2) is 0 Å². The molecule has 4 nitrogen and oxygen atoms in total. The van der Waals surface area contributed by atoms with Crippen LogP contribution in [-0.4, -0.2) is 11.0 Å². The maximum Gasteiger partial charge on any atom is 0.287 e. The lowest BCUT2D eigenvalue weighted by atomic mass is 9.89. The van der Waals surface area contributed by atoms with Crippen LogP contribution in [0.3, 0.4) is 0 Å². The number of rotatable bonds is 3. The molecule has 16 heavy (non-hydrogen) atoms. The van der Waals surface area contributed by atoms with Gasteiger partial charge in [-0.05, 0) is 31.4 Å². The third-order valence-electron chi connectivity index (χ3n) is 3.38. The summed E-state index contributed by atoms with van der Waals surface area (Å²) >= 11 is 5.88. The van der Waals surface area contributed by atoms with Crippen LogP contribution in [0.15, 0.2) is 18.2 Å². The Morgan fingerprint density at radius 3 is 2.56 bits per heavy atom. The van der Waals surface area contributed by atoms with E-state index >= 15 is 0 Å². The van der Waals surface area contributed by atoms with Gasteiger partial charge in [0.25, 0.3) is 5.69 Å². The monoisotopic (exact) mass is 240 g/mol. The summed E-state index contributed by atoms with van der Waals surface area (Å²) in [5.74, 6) is 0. The Kier molecular flexibility index (Phi) is 2.64. The Morgan fingerprint density at radius 2 is 2.19 bits per heavy atom. The number of nitro groups is 1. The van der Waals surface area contributed by atoms with Gasteiger partial charge in [-0.2, -0.15) is 0 Å². The number of nitrogens with zero attached hydrogens (tertiary/aromatic N) is 1. The molecule has 1 saturated carbocycles. The van der Waals surface area contributed by atoms with Gasteiger partial charge >= 0.3 is 0 Å². The molecule has 0 heterocycles. The van der Waals surface area contributed by atoms with Gasteiger partial charge in [0, 0.05) is 17.5 Å². The molecule has 0 radical (unpaired) electrons.